The molecule has 5 nitrogen and oxygen atoms in total. The van der Waals surface area contributed by atoms with Gasteiger partial charge in [0.1, 0.15) is 11.6 Å². The maximum Gasteiger partial charge on any atom is 0.255 e. The maximum absolute atomic E-state index is 12.7. The van der Waals surface area contributed by atoms with Crippen LogP contribution in [0.2, 0.25) is 5.02 Å². The first-order chi connectivity index (χ1) is 13.1. The number of halogens is 1. The number of H-pyrrole nitrogens is 1. The van der Waals surface area contributed by atoms with Crippen molar-refractivity contribution in [3.05, 3.63) is 80.7 Å². The molecule has 0 amide bonds. The summed E-state index contributed by atoms with van der Waals surface area (Å²) in [5.74, 6) is 1.46. The van der Waals surface area contributed by atoms with Gasteiger partial charge in [0.2, 0.25) is 0 Å². The van der Waals surface area contributed by atoms with E-state index in [4.69, 9.17) is 21.3 Å². The molecule has 0 radical (unpaired) electrons. The predicted molar refractivity (Wildman–Crippen MR) is 106 cm³/mol. The van der Waals surface area contributed by atoms with Crippen LogP contribution < -0.4 is 10.3 Å². The third-order valence-corrected chi connectivity index (χ3v) is 5.10. The van der Waals surface area contributed by atoms with Gasteiger partial charge in [0, 0.05) is 42.2 Å². The van der Waals surface area contributed by atoms with E-state index in [1.807, 2.05) is 30.3 Å². The van der Waals surface area contributed by atoms with Crippen molar-refractivity contribution >= 4 is 11.6 Å². The lowest BCUT2D eigenvalue weighted by atomic mass is 10.0. The van der Waals surface area contributed by atoms with Crippen molar-refractivity contribution in [1.29, 1.82) is 0 Å². The Morgan fingerprint density at radius 3 is 2.74 bits per heavy atom. The van der Waals surface area contributed by atoms with Gasteiger partial charge >= 0.3 is 0 Å². The lowest BCUT2D eigenvalue weighted by Gasteiger charge is -2.28. The molecular formula is C21H20ClN3O2. The van der Waals surface area contributed by atoms with E-state index in [1.165, 1.54) is 0 Å². The number of rotatable bonds is 4. The van der Waals surface area contributed by atoms with Gasteiger partial charge in [-0.15, -0.1) is 0 Å². The average Bonchev–Trinajstić information content (AvgIpc) is 2.69. The zero-order valence-corrected chi connectivity index (χ0v) is 15.8. The maximum atomic E-state index is 12.7. The molecule has 1 aromatic heterocycles. The minimum absolute atomic E-state index is 0.0744. The Kier molecular flexibility index (Phi) is 4.97. The number of hydrogen-bond donors (Lipinski definition) is 1. The number of benzene rings is 2. The first-order valence-corrected chi connectivity index (χ1v) is 9.24. The molecule has 1 N–H and O–H groups in total. The Hall–Kier alpha value is -2.63. The van der Waals surface area contributed by atoms with Crippen LogP contribution in [-0.4, -0.2) is 28.5 Å². The number of methoxy groups -OCH3 is 1. The largest absolute Gasteiger partial charge is 0.496 e. The molecule has 0 atom stereocenters. The second-order valence-corrected chi connectivity index (χ2v) is 7.06. The number of nitrogens with zero attached hydrogens (tertiary/aromatic N) is 2. The van der Waals surface area contributed by atoms with Crippen LogP contribution in [0.1, 0.15) is 16.8 Å². The summed E-state index contributed by atoms with van der Waals surface area (Å²) in [6, 6.07) is 15.3. The Labute approximate surface area is 162 Å². The molecule has 0 saturated carbocycles. The molecule has 0 spiro atoms. The van der Waals surface area contributed by atoms with Crippen LogP contribution in [0, 0.1) is 0 Å². The van der Waals surface area contributed by atoms with Crippen LogP contribution >= 0.6 is 11.6 Å². The molecule has 0 unspecified atom stereocenters. The van der Waals surface area contributed by atoms with Gasteiger partial charge in [-0.2, -0.15) is 0 Å². The summed E-state index contributed by atoms with van der Waals surface area (Å²) >= 11 is 5.94. The standard InChI is InChI=1S/C21H20ClN3O2/c1-27-19-5-3-2-4-15(19)12-25-11-10-18-17(13-25)21(26)24-20(23-18)14-6-8-16(22)9-7-14/h2-9H,10-13H2,1H3,(H,23,24,26). The molecule has 0 fully saturated rings. The number of nitrogens with one attached hydrogen (secondary N) is 1. The fraction of sp³-hybridized carbons (Fsp3) is 0.238. The van der Waals surface area contributed by atoms with E-state index in [9.17, 15) is 4.79 Å². The van der Waals surface area contributed by atoms with Crippen LogP contribution in [-0.2, 0) is 19.5 Å². The molecule has 138 valence electrons. The van der Waals surface area contributed by atoms with E-state index < -0.39 is 0 Å². The van der Waals surface area contributed by atoms with Gasteiger partial charge in [0.05, 0.1) is 18.4 Å². The molecule has 3 aromatic rings. The van der Waals surface area contributed by atoms with Crippen molar-refractivity contribution in [1.82, 2.24) is 14.9 Å². The van der Waals surface area contributed by atoms with E-state index in [0.29, 0.717) is 17.4 Å². The molecular weight excluding hydrogens is 362 g/mol. The molecule has 1 aliphatic heterocycles. The summed E-state index contributed by atoms with van der Waals surface area (Å²) in [6.45, 7) is 2.17. The Morgan fingerprint density at radius 1 is 1.19 bits per heavy atom. The van der Waals surface area contributed by atoms with Crippen molar-refractivity contribution < 1.29 is 4.74 Å². The molecule has 27 heavy (non-hydrogen) atoms. The van der Waals surface area contributed by atoms with Crippen LogP contribution in [0.5, 0.6) is 5.75 Å². The van der Waals surface area contributed by atoms with E-state index in [2.05, 4.69) is 16.0 Å². The number of aromatic amines is 1. The number of ether oxygens (including phenoxy) is 1. The average molecular weight is 382 g/mol. The van der Waals surface area contributed by atoms with Gasteiger partial charge in [0.15, 0.2) is 0 Å². The Bertz CT molecular complexity index is 1010. The first kappa shape index (κ1) is 17.8. The zero-order valence-electron chi connectivity index (χ0n) is 15.0. The normalized spacial score (nSPS) is 14.0. The van der Waals surface area contributed by atoms with E-state index in [-0.39, 0.29) is 5.56 Å². The minimum Gasteiger partial charge on any atom is -0.496 e. The van der Waals surface area contributed by atoms with E-state index in [0.717, 1.165) is 47.6 Å². The van der Waals surface area contributed by atoms with Crippen molar-refractivity contribution in [2.24, 2.45) is 0 Å². The number of para-hydroxylation sites is 1. The first-order valence-electron chi connectivity index (χ1n) is 8.86. The Morgan fingerprint density at radius 2 is 1.96 bits per heavy atom. The fourth-order valence-corrected chi connectivity index (χ4v) is 3.56. The summed E-state index contributed by atoms with van der Waals surface area (Å²) in [5.41, 5.74) is 3.52. The molecule has 6 heteroatoms. The predicted octanol–water partition coefficient (Wildman–Crippen LogP) is 3.66. The molecule has 0 saturated heterocycles. The quantitative estimate of drug-likeness (QED) is 0.749. The highest BCUT2D eigenvalue weighted by Crippen LogP contribution is 2.24. The van der Waals surface area contributed by atoms with Crippen molar-refractivity contribution in [2.45, 2.75) is 19.5 Å². The topological polar surface area (TPSA) is 58.2 Å². The second-order valence-electron chi connectivity index (χ2n) is 6.62. The molecule has 2 heterocycles. The van der Waals surface area contributed by atoms with Crippen molar-refractivity contribution in [3.63, 3.8) is 0 Å². The highest BCUT2D eigenvalue weighted by molar-refractivity contribution is 6.30. The van der Waals surface area contributed by atoms with Gasteiger partial charge < -0.3 is 9.72 Å². The zero-order chi connectivity index (χ0) is 18.8. The molecule has 4 rings (SSSR count). The summed E-state index contributed by atoms with van der Waals surface area (Å²) in [7, 11) is 1.68. The van der Waals surface area contributed by atoms with Crippen LogP contribution in [0.25, 0.3) is 11.4 Å². The second kappa shape index (κ2) is 7.55. The summed E-state index contributed by atoms with van der Waals surface area (Å²) < 4.78 is 5.44. The molecule has 0 bridgehead atoms. The van der Waals surface area contributed by atoms with Crippen LogP contribution in [0.15, 0.2) is 53.3 Å². The molecule has 1 aliphatic rings. The highest BCUT2D eigenvalue weighted by atomic mass is 35.5. The molecule has 2 aromatic carbocycles. The summed E-state index contributed by atoms with van der Waals surface area (Å²) in [5, 5.41) is 0.658. The highest BCUT2D eigenvalue weighted by Gasteiger charge is 2.22. The van der Waals surface area contributed by atoms with Gasteiger partial charge in [-0.05, 0) is 30.3 Å². The van der Waals surface area contributed by atoms with Gasteiger partial charge in [0.25, 0.3) is 5.56 Å². The lowest BCUT2D eigenvalue weighted by molar-refractivity contribution is 0.238. The number of fused-ring (bicyclic) bond motifs is 1. The van der Waals surface area contributed by atoms with E-state index >= 15 is 0 Å². The van der Waals surface area contributed by atoms with Crippen molar-refractivity contribution in [3.8, 4) is 17.1 Å². The van der Waals surface area contributed by atoms with Crippen LogP contribution in [0.3, 0.4) is 0 Å². The van der Waals surface area contributed by atoms with Gasteiger partial charge in [-0.25, -0.2) is 4.98 Å². The fourth-order valence-electron chi connectivity index (χ4n) is 3.43. The van der Waals surface area contributed by atoms with E-state index in [1.54, 1.807) is 19.2 Å². The third kappa shape index (κ3) is 3.75. The molecule has 0 aliphatic carbocycles. The lowest BCUT2D eigenvalue weighted by Crippen LogP contribution is -2.35. The van der Waals surface area contributed by atoms with Crippen LogP contribution in [0.4, 0.5) is 0 Å². The Balaban J connectivity index is 1.58. The van der Waals surface area contributed by atoms with Crippen molar-refractivity contribution in [2.75, 3.05) is 13.7 Å². The third-order valence-electron chi connectivity index (χ3n) is 4.85. The smallest absolute Gasteiger partial charge is 0.255 e. The summed E-state index contributed by atoms with van der Waals surface area (Å²) in [4.78, 5) is 22.5. The number of aromatic nitrogens is 2. The number of hydrogen-bond acceptors (Lipinski definition) is 4. The monoisotopic (exact) mass is 381 g/mol. The van der Waals surface area contributed by atoms with Gasteiger partial charge in [-0.3, -0.25) is 9.69 Å². The minimum atomic E-state index is -0.0744. The van der Waals surface area contributed by atoms with Gasteiger partial charge in [-0.1, -0.05) is 29.8 Å². The SMILES string of the molecule is COc1ccccc1CN1CCc2nc(-c3ccc(Cl)cc3)[nH]c(=O)c2C1. The summed E-state index contributed by atoms with van der Waals surface area (Å²) in [6.07, 6.45) is 0.745.